The fraction of sp³-hybridized carbons (Fsp3) is 0.875. The number of methoxy groups -OCH3 is 1. The maximum absolute atomic E-state index is 12.8. The van der Waals surface area contributed by atoms with Crippen molar-refractivity contribution in [2.45, 2.75) is 64.0 Å². The van der Waals surface area contributed by atoms with Gasteiger partial charge in [-0.3, -0.25) is 9.59 Å². The highest BCUT2D eigenvalue weighted by Gasteiger charge is 2.49. The third-order valence-corrected chi connectivity index (χ3v) is 5.08. The van der Waals surface area contributed by atoms with Crippen LogP contribution < -0.4 is 5.32 Å². The van der Waals surface area contributed by atoms with Gasteiger partial charge in [-0.25, -0.2) is 0 Å². The van der Waals surface area contributed by atoms with Crippen molar-refractivity contribution in [3.05, 3.63) is 0 Å². The summed E-state index contributed by atoms with van der Waals surface area (Å²) in [6, 6.07) is -0.312. The van der Waals surface area contributed by atoms with E-state index in [0.717, 1.165) is 25.7 Å². The smallest absolute Gasteiger partial charge is 0.248 e. The molecule has 0 aromatic rings. The molecule has 120 valence electrons. The highest BCUT2D eigenvalue weighted by Crippen LogP contribution is 2.33. The Morgan fingerprint density at radius 1 is 1.29 bits per heavy atom. The fourth-order valence-corrected chi connectivity index (χ4v) is 3.57. The number of carbonyl (C=O) groups is 2. The third-order valence-electron chi connectivity index (χ3n) is 5.08. The number of nitrogens with one attached hydrogen (secondary N) is 1. The average Bonchev–Trinajstić information content (AvgIpc) is 2.50. The predicted molar refractivity (Wildman–Crippen MR) is 80.8 cm³/mol. The lowest BCUT2D eigenvalue weighted by molar-refractivity contribution is -0.158. The molecular formula is C16H28N2O3. The predicted octanol–water partition coefficient (Wildman–Crippen LogP) is 1.71. The SMILES string of the molecule is CCC1(C)NC(=O)C(C2CCCCC2)N(CCOC)C1=O. The Kier molecular flexibility index (Phi) is 5.25. The number of amides is 2. The number of carbonyl (C=O) groups excluding carboxylic acids is 2. The maximum Gasteiger partial charge on any atom is 0.248 e. The van der Waals surface area contributed by atoms with Crippen molar-refractivity contribution in [1.82, 2.24) is 10.2 Å². The van der Waals surface area contributed by atoms with Gasteiger partial charge in [0.15, 0.2) is 0 Å². The largest absolute Gasteiger partial charge is 0.383 e. The summed E-state index contributed by atoms with van der Waals surface area (Å²) in [5, 5.41) is 2.98. The van der Waals surface area contributed by atoms with Gasteiger partial charge in [0.2, 0.25) is 11.8 Å². The second kappa shape index (κ2) is 6.77. The number of rotatable bonds is 5. The molecule has 2 amide bonds. The molecular weight excluding hydrogens is 268 g/mol. The third kappa shape index (κ3) is 3.23. The molecule has 0 aromatic carbocycles. The molecule has 2 fully saturated rings. The van der Waals surface area contributed by atoms with Crippen molar-refractivity contribution in [2.24, 2.45) is 5.92 Å². The quantitative estimate of drug-likeness (QED) is 0.840. The van der Waals surface area contributed by atoms with E-state index in [1.165, 1.54) is 6.42 Å². The van der Waals surface area contributed by atoms with Gasteiger partial charge in [0, 0.05) is 13.7 Å². The Balaban J connectivity index is 2.23. The lowest BCUT2D eigenvalue weighted by Crippen LogP contribution is -2.70. The van der Waals surface area contributed by atoms with Crippen molar-refractivity contribution in [3.63, 3.8) is 0 Å². The molecule has 1 saturated carbocycles. The second-order valence-electron chi connectivity index (χ2n) is 6.51. The summed E-state index contributed by atoms with van der Waals surface area (Å²) >= 11 is 0. The molecule has 0 bridgehead atoms. The normalized spacial score (nSPS) is 31.4. The minimum Gasteiger partial charge on any atom is -0.383 e. The first-order chi connectivity index (χ1) is 10.0. The number of ether oxygens (including phenoxy) is 1. The Morgan fingerprint density at radius 3 is 2.52 bits per heavy atom. The Hall–Kier alpha value is -1.10. The molecule has 0 aromatic heterocycles. The lowest BCUT2D eigenvalue weighted by atomic mass is 9.80. The molecule has 5 heteroatoms. The minimum atomic E-state index is -0.768. The first-order valence-corrected chi connectivity index (χ1v) is 8.15. The van der Waals surface area contributed by atoms with E-state index in [1.807, 2.05) is 13.8 Å². The van der Waals surface area contributed by atoms with E-state index in [9.17, 15) is 9.59 Å². The summed E-state index contributed by atoms with van der Waals surface area (Å²) in [5.74, 6) is 0.347. The molecule has 2 atom stereocenters. The zero-order chi connectivity index (χ0) is 15.5. The van der Waals surface area contributed by atoms with Gasteiger partial charge in [-0.15, -0.1) is 0 Å². The number of nitrogens with zero attached hydrogens (tertiary/aromatic N) is 1. The van der Waals surface area contributed by atoms with Crippen molar-refractivity contribution in [3.8, 4) is 0 Å². The second-order valence-corrected chi connectivity index (χ2v) is 6.51. The zero-order valence-electron chi connectivity index (χ0n) is 13.5. The summed E-state index contributed by atoms with van der Waals surface area (Å²) in [7, 11) is 1.63. The average molecular weight is 296 g/mol. The van der Waals surface area contributed by atoms with Crippen LogP contribution in [0.4, 0.5) is 0 Å². The zero-order valence-corrected chi connectivity index (χ0v) is 13.5. The summed E-state index contributed by atoms with van der Waals surface area (Å²) in [5.41, 5.74) is -0.768. The van der Waals surface area contributed by atoms with E-state index < -0.39 is 5.54 Å². The molecule has 2 unspecified atom stereocenters. The topological polar surface area (TPSA) is 58.6 Å². The van der Waals surface area contributed by atoms with E-state index in [0.29, 0.717) is 25.5 Å². The number of piperazine rings is 1. The minimum absolute atomic E-state index is 0.0157. The number of hydrogen-bond donors (Lipinski definition) is 1. The molecule has 0 radical (unpaired) electrons. The van der Waals surface area contributed by atoms with E-state index in [2.05, 4.69) is 5.32 Å². The van der Waals surface area contributed by atoms with Crippen LogP contribution in [0.3, 0.4) is 0 Å². The van der Waals surface area contributed by atoms with E-state index in [1.54, 1.807) is 12.0 Å². The van der Waals surface area contributed by atoms with Crippen molar-refractivity contribution in [2.75, 3.05) is 20.3 Å². The van der Waals surface area contributed by atoms with Crippen LogP contribution in [-0.4, -0.2) is 48.6 Å². The first-order valence-electron chi connectivity index (χ1n) is 8.15. The van der Waals surface area contributed by atoms with Gasteiger partial charge in [-0.05, 0) is 32.1 Å². The fourth-order valence-electron chi connectivity index (χ4n) is 3.57. The van der Waals surface area contributed by atoms with Gasteiger partial charge >= 0.3 is 0 Å². The number of hydrogen-bond acceptors (Lipinski definition) is 3. The molecule has 2 rings (SSSR count). The summed E-state index contributed by atoms with van der Waals surface area (Å²) in [4.78, 5) is 27.3. The Bertz CT molecular complexity index is 393. The van der Waals surface area contributed by atoms with Crippen LogP contribution in [0.1, 0.15) is 52.4 Å². The molecule has 1 aliphatic carbocycles. The molecule has 5 nitrogen and oxygen atoms in total. The molecule has 2 aliphatic rings. The van der Waals surface area contributed by atoms with Gasteiger partial charge in [-0.2, -0.15) is 0 Å². The summed E-state index contributed by atoms with van der Waals surface area (Å²) in [6.45, 7) is 4.74. The van der Waals surface area contributed by atoms with Crippen molar-refractivity contribution >= 4 is 11.8 Å². The van der Waals surface area contributed by atoms with Gasteiger partial charge in [0.05, 0.1) is 6.61 Å². The highest BCUT2D eigenvalue weighted by atomic mass is 16.5. The van der Waals surface area contributed by atoms with Crippen LogP contribution in [-0.2, 0) is 14.3 Å². The Morgan fingerprint density at radius 2 is 1.95 bits per heavy atom. The highest BCUT2D eigenvalue weighted by molar-refractivity contribution is 5.99. The van der Waals surface area contributed by atoms with Gasteiger partial charge in [0.1, 0.15) is 11.6 Å². The van der Waals surface area contributed by atoms with Crippen LogP contribution >= 0.6 is 0 Å². The molecule has 0 spiro atoms. The lowest BCUT2D eigenvalue weighted by Gasteiger charge is -2.47. The first kappa shape index (κ1) is 16.3. The van der Waals surface area contributed by atoms with Crippen LogP contribution in [0.5, 0.6) is 0 Å². The van der Waals surface area contributed by atoms with E-state index >= 15 is 0 Å². The standard InChI is InChI=1S/C16H28N2O3/c1-4-16(2)15(20)18(10-11-21-3)13(14(19)17-16)12-8-6-5-7-9-12/h12-13H,4-11H2,1-3H3,(H,17,19). The van der Waals surface area contributed by atoms with Gasteiger partial charge in [0.25, 0.3) is 0 Å². The molecule has 1 heterocycles. The van der Waals surface area contributed by atoms with Gasteiger partial charge in [-0.1, -0.05) is 26.2 Å². The van der Waals surface area contributed by atoms with Crippen molar-refractivity contribution in [1.29, 1.82) is 0 Å². The molecule has 21 heavy (non-hydrogen) atoms. The molecule has 1 saturated heterocycles. The van der Waals surface area contributed by atoms with Crippen LogP contribution in [0.25, 0.3) is 0 Å². The summed E-state index contributed by atoms with van der Waals surface area (Å²) in [6.07, 6.45) is 6.24. The summed E-state index contributed by atoms with van der Waals surface area (Å²) < 4.78 is 5.14. The van der Waals surface area contributed by atoms with Crippen LogP contribution in [0.15, 0.2) is 0 Å². The van der Waals surface area contributed by atoms with Crippen molar-refractivity contribution < 1.29 is 14.3 Å². The van der Waals surface area contributed by atoms with E-state index in [4.69, 9.17) is 4.74 Å². The molecule has 1 N–H and O–H groups in total. The van der Waals surface area contributed by atoms with E-state index in [-0.39, 0.29) is 17.9 Å². The molecule has 1 aliphatic heterocycles. The van der Waals surface area contributed by atoms with Crippen LogP contribution in [0, 0.1) is 5.92 Å². The maximum atomic E-state index is 12.8. The van der Waals surface area contributed by atoms with Crippen LogP contribution in [0.2, 0.25) is 0 Å². The monoisotopic (exact) mass is 296 g/mol. The van der Waals surface area contributed by atoms with Gasteiger partial charge < -0.3 is 15.0 Å². The Labute approximate surface area is 127 Å².